The number of carbonyl (C=O) groups is 1. The first-order chi connectivity index (χ1) is 24.1. The second kappa shape index (κ2) is 11.4. The van der Waals surface area contributed by atoms with Gasteiger partial charge in [-0.2, -0.15) is 0 Å². The number of nitrogens with one attached hydrogen (secondary N) is 3. The summed E-state index contributed by atoms with van der Waals surface area (Å²) in [6.45, 7) is 0.675. The number of hydrogen-bond acceptors (Lipinski definition) is 8. The number of nitrogens with zero attached hydrogens (tertiary/aromatic N) is 9. The zero-order valence-electron chi connectivity index (χ0n) is 25.7. The van der Waals surface area contributed by atoms with Crippen LogP contribution in [0.15, 0.2) is 96.1 Å². The molecule has 0 spiro atoms. The molecule has 49 heavy (non-hydrogen) atoms. The van der Waals surface area contributed by atoms with Gasteiger partial charge in [-0.1, -0.05) is 77.9 Å². The first-order valence-electron chi connectivity index (χ1n) is 15.7. The van der Waals surface area contributed by atoms with Crippen molar-refractivity contribution in [1.82, 2.24) is 45.2 Å². The van der Waals surface area contributed by atoms with Crippen LogP contribution in [0.3, 0.4) is 0 Å². The quantitative estimate of drug-likeness (QED) is 0.0761. The minimum absolute atomic E-state index is 0.253. The number of amides is 1. The third-order valence-electron chi connectivity index (χ3n) is 8.60. The van der Waals surface area contributed by atoms with Gasteiger partial charge in [0, 0.05) is 67.4 Å². The monoisotopic (exact) mass is 640 g/mol. The maximum absolute atomic E-state index is 13.1. The molecule has 2 aliphatic rings. The highest BCUT2D eigenvalue weighted by molar-refractivity contribution is 6.09. The zero-order chi connectivity index (χ0) is 32.9. The Labute approximate surface area is 276 Å². The van der Waals surface area contributed by atoms with Crippen molar-refractivity contribution < 1.29 is 4.79 Å². The Kier molecular flexibility index (Phi) is 6.56. The van der Waals surface area contributed by atoms with Crippen molar-refractivity contribution in [3.05, 3.63) is 107 Å². The first kappa shape index (κ1) is 28.3. The minimum Gasteiger partial charge on any atom is -0.352 e. The van der Waals surface area contributed by atoms with E-state index < -0.39 is 0 Å². The van der Waals surface area contributed by atoms with E-state index in [9.17, 15) is 4.79 Å². The zero-order valence-corrected chi connectivity index (χ0v) is 25.7. The molecule has 7 aromatic rings. The third kappa shape index (κ3) is 4.80. The van der Waals surface area contributed by atoms with Gasteiger partial charge in [0.05, 0.1) is 0 Å². The molecule has 2 aliphatic heterocycles. The summed E-state index contributed by atoms with van der Waals surface area (Å²) in [5.41, 5.74) is 14.6. The normalized spacial score (nSPS) is 11.6. The maximum atomic E-state index is 13.1. The fraction of sp³-hybridized carbons (Fsp3) is 0.0833. The lowest BCUT2D eigenvalue weighted by Crippen LogP contribution is -2.24. The van der Waals surface area contributed by atoms with Crippen LogP contribution in [0, 0.1) is 0 Å². The molecule has 0 saturated heterocycles. The third-order valence-corrected chi connectivity index (χ3v) is 8.60. The fourth-order valence-corrected chi connectivity index (χ4v) is 6.28. The average Bonchev–Trinajstić information content (AvgIpc) is 3.87. The van der Waals surface area contributed by atoms with E-state index in [2.05, 4.69) is 25.3 Å². The lowest BCUT2D eigenvalue weighted by atomic mass is 10.1. The summed E-state index contributed by atoms with van der Waals surface area (Å²) in [6, 6.07) is 29.1. The molecule has 3 N–H and O–H groups in total. The summed E-state index contributed by atoms with van der Waals surface area (Å²) < 4.78 is 0. The van der Waals surface area contributed by atoms with Crippen LogP contribution in [0.25, 0.3) is 100 Å². The Bertz CT molecular complexity index is 2720. The second-order valence-corrected chi connectivity index (χ2v) is 11.6. The first-order valence-corrected chi connectivity index (χ1v) is 15.7. The van der Waals surface area contributed by atoms with Gasteiger partial charge >= 0.3 is 0 Å². The van der Waals surface area contributed by atoms with E-state index in [0.717, 1.165) is 38.4 Å². The Balaban J connectivity index is 1.35. The van der Waals surface area contributed by atoms with Gasteiger partial charge in [0.1, 0.15) is 22.6 Å². The Morgan fingerprint density at radius 3 is 1.55 bits per heavy atom. The SMILES string of the molecule is [N-]=[N+]=NCCCNC(=O)c1ccc2c3nc4nc(nc5[nH]c(nc6nc(nc([nH]3)c2c1)-c1ccccc1-6)c1ccccc51)-c1ccccc1-4. The number of carbonyl (C=O) groups excluding carboxylic acids is 1. The molecule has 1 amide bonds. The molecule has 0 unspecified atom stereocenters. The van der Waals surface area contributed by atoms with Crippen molar-refractivity contribution in [3.63, 3.8) is 0 Å². The van der Waals surface area contributed by atoms with E-state index in [0.29, 0.717) is 76.3 Å². The molecule has 5 heterocycles. The number of azide groups is 1. The molecule has 0 atom stereocenters. The van der Waals surface area contributed by atoms with Gasteiger partial charge in [0.15, 0.2) is 23.3 Å². The van der Waals surface area contributed by atoms with Crippen LogP contribution < -0.4 is 5.32 Å². The number of aromatic nitrogens is 8. The Morgan fingerprint density at radius 1 is 0.612 bits per heavy atom. The van der Waals surface area contributed by atoms with Gasteiger partial charge < -0.3 is 15.3 Å². The van der Waals surface area contributed by atoms with Crippen molar-refractivity contribution in [2.75, 3.05) is 13.1 Å². The largest absolute Gasteiger partial charge is 0.352 e. The van der Waals surface area contributed by atoms with Gasteiger partial charge in [-0.15, -0.1) is 0 Å². The molecular weight excluding hydrogens is 616 g/mol. The van der Waals surface area contributed by atoms with Crippen LogP contribution in [0.5, 0.6) is 0 Å². The molecule has 4 aromatic carbocycles. The molecule has 3 aromatic heterocycles. The van der Waals surface area contributed by atoms with Crippen molar-refractivity contribution in [2.45, 2.75) is 6.42 Å². The number of hydrogen-bond donors (Lipinski definition) is 3. The van der Waals surface area contributed by atoms with Crippen LogP contribution in [-0.4, -0.2) is 58.9 Å². The van der Waals surface area contributed by atoms with Crippen molar-refractivity contribution >= 4 is 50.0 Å². The van der Waals surface area contributed by atoms with Crippen LogP contribution in [-0.2, 0) is 0 Å². The maximum Gasteiger partial charge on any atom is 0.251 e. The van der Waals surface area contributed by atoms with Gasteiger partial charge in [-0.25, -0.2) is 29.9 Å². The molecule has 0 fully saturated rings. The number of aromatic amines is 2. The van der Waals surface area contributed by atoms with E-state index in [-0.39, 0.29) is 5.91 Å². The van der Waals surface area contributed by atoms with E-state index in [4.69, 9.17) is 35.4 Å². The molecule has 0 aliphatic carbocycles. The Morgan fingerprint density at radius 2 is 1.06 bits per heavy atom. The van der Waals surface area contributed by atoms with E-state index >= 15 is 0 Å². The molecule has 0 radical (unpaired) electrons. The molecular formula is C36H24N12O. The van der Waals surface area contributed by atoms with E-state index in [1.54, 1.807) is 12.1 Å². The van der Waals surface area contributed by atoms with Gasteiger partial charge in [-0.05, 0) is 30.2 Å². The van der Waals surface area contributed by atoms with Crippen LogP contribution in [0.4, 0.5) is 0 Å². The lowest BCUT2D eigenvalue weighted by molar-refractivity contribution is 0.0953. The Hall–Kier alpha value is -6.98. The molecule has 8 bridgehead atoms. The highest BCUT2D eigenvalue weighted by Crippen LogP contribution is 2.36. The lowest BCUT2D eigenvalue weighted by Gasteiger charge is -2.04. The highest BCUT2D eigenvalue weighted by atomic mass is 16.1. The predicted octanol–water partition coefficient (Wildman–Crippen LogP) is 7.30. The summed E-state index contributed by atoms with van der Waals surface area (Å²) in [6.07, 6.45) is 0.531. The van der Waals surface area contributed by atoms with Crippen LogP contribution >= 0.6 is 0 Å². The fourth-order valence-electron chi connectivity index (χ4n) is 6.28. The smallest absolute Gasteiger partial charge is 0.251 e. The number of fused-ring (bicyclic) bond motifs is 20. The second-order valence-electron chi connectivity index (χ2n) is 11.6. The number of H-pyrrole nitrogens is 2. The van der Waals surface area contributed by atoms with Crippen molar-refractivity contribution in [1.29, 1.82) is 0 Å². The molecule has 0 saturated carbocycles. The topological polar surface area (TPSA) is 187 Å². The molecule has 13 nitrogen and oxygen atoms in total. The molecule has 234 valence electrons. The summed E-state index contributed by atoms with van der Waals surface area (Å²) in [7, 11) is 0. The van der Waals surface area contributed by atoms with Gasteiger partial charge in [-0.3, -0.25) is 4.79 Å². The summed E-state index contributed by atoms with van der Waals surface area (Å²) in [5, 5.41) is 9.68. The van der Waals surface area contributed by atoms with Crippen LogP contribution in [0.1, 0.15) is 16.8 Å². The number of rotatable bonds is 5. The van der Waals surface area contributed by atoms with Crippen molar-refractivity contribution in [2.24, 2.45) is 5.11 Å². The highest BCUT2D eigenvalue weighted by Gasteiger charge is 2.22. The summed E-state index contributed by atoms with van der Waals surface area (Å²) in [4.78, 5) is 52.7. The number of benzene rings is 4. The van der Waals surface area contributed by atoms with Gasteiger partial charge in [0.25, 0.3) is 5.91 Å². The van der Waals surface area contributed by atoms with E-state index in [1.807, 2.05) is 78.9 Å². The van der Waals surface area contributed by atoms with Crippen LogP contribution in [0.2, 0.25) is 0 Å². The van der Waals surface area contributed by atoms with Crippen molar-refractivity contribution in [3.8, 4) is 45.6 Å². The summed E-state index contributed by atoms with van der Waals surface area (Å²) >= 11 is 0. The predicted molar refractivity (Wildman–Crippen MR) is 187 cm³/mol. The molecule has 13 heteroatoms. The van der Waals surface area contributed by atoms with Gasteiger partial charge in [0.2, 0.25) is 0 Å². The standard InChI is InChI=1S/C36H24N12O/c37-48-39-17-7-16-38-36(49)19-14-15-26-27(18-19)35-46-33-25-13-6-5-12-24(25)31(44-33)42-29-21-9-2-1-8-20(21)28(40-29)41-30-22-10-3-4-11-23(22)32(43-30)45-34(26)47-35/h1-6,8-15,18H,7,16-17H2,(H,38,49)(H2,40,41,42,43,44,45,46,47). The minimum atomic E-state index is -0.253. The molecule has 9 rings (SSSR count). The van der Waals surface area contributed by atoms with E-state index in [1.165, 1.54) is 0 Å². The summed E-state index contributed by atoms with van der Waals surface area (Å²) in [5.74, 6) is 1.76. The average molecular weight is 641 g/mol.